The third-order valence-corrected chi connectivity index (χ3v) is 4.61. The summed E-state index contributed by atoms with van der Waals surface area (Å²) in [6.07, 6.45) is 2.59. The van der Waals surface area contributed by atoms with Crippen LogP contribution in [0.25, 0.3) is 0 Å². The molecule has 0 atom stereocenters. The molecule has 2 N–H and O–H groups in total. The number of hydrogen-bond acceptors (Lipinski definition) is 3. The van der Waals surface area contributed by atoms with Gasteiger partial charge in [-0.1, -0.05) is 38.4 Å². The summed E-state index contributed by atoms with van der Waals surface area (Å²) in [5.74, 6) is 1.36. The van der Waals surface area contributed by atoms with E-state index in [0.29, 0.717) is 18.1 Å². The lowest BCUT2D eigenvalue weighted by molar-refractivity contribution is 0.534. The SMILES string of the molecule is CCNC(=NCC(C)(C)c1ccc(F)cc1Cl)NCCn1cnnc1CC. The first-order valence-corrected chi connectivity index (χ1v) is 9.59. The van der Waals surface area contributed by atoms with Crippen LogP contribution in [0.15, 0.2) is 29.5 Å². The predicted octanol–water partition coefficient (Wildman–Crippen LogP) is 3.17. The molecule has 8 heteroatoms. The molecule has 2 aromatic rings. The van der Waals surface area contributed by atoms with E-state index >= 15 is 0 Å². The molecule has 0 amide bonds. The number of nitrogens with zero attached hydrogens (tertiary/aromatic N) is 4. The molecule has 0 saturated carbocycles. The van der Waals surface area contributed by atoms with Crippen LogP contribution in [0, 0.1) is 5.82 Å². The normalized spacial score (nSPS) is 12.3. The van der Waals surface area contributed by atoms with Crippen molar-refractivity contribution in [2.75, 3.05) is 19.6 Å². The van der Waals surface area contributed by atoms with Gasteiger partial charge in [-0.25, -0.2) is 4.39 Å². The van der Waals surface area contributed by atoms with E-state index in [2.05, 4.69) is 32.7 Å². The molecule has 0 aliphatic heterocycles. The molecule has 0 saturated heterocycles. The van der Waals surface area contributed by atoms with Crippen molar-refractivity contribution < 1.29 is 4.39 Å². The molecule has 0 aliphatic carbocycles. The standard InChI is InChI=1S/C19H28ClFN6/c1-5-17-26-25-13-27(17)10-9-23-18(22-6-2)24-12-19(3,4)15-8-7-14(21)11-16(15)20/h7-8,11,13H,5-6,9-10,12H2,1-4H3,(H2,22,23,24). The average Bonchev–Trinajstić information content (AvgIpc) is 3.07. The van der Waals surface area contributed by atoms with E-state index < -0.39 is 0 Å². The van der Waals surface area contributed by atoms with E-state index in [4.69, 9.17) is 11.6 Å². The first-order chi connectivity index (χ1) is 12.9. The second-order valence-electron chi connectivity index (χ2n) is 6.92. The van der Waals surface area contributed by atoms with Gasteiger partial charge in [-0.3, -0.25) is 4.99 Å². The zero-order valence-electron chi connectivity index (χ0n) is 16.4. The van der Waals surface area contributed by atoms with Crippen molar-refractivity contribution in [3.8, 4) is 0 Å². The third kappa shape index (κ3) is 5.92. The molecular weight excluding hydrogens is 367 g/mol. The number of aryl methyl sites for hydroxylation is 1. The molecule has 1 aromatic carbocycles. The summed E-state index contributed by atoms with van der Waals surface area (Å²) >= 11 is 6.23. The van der Waals surface area contributed by atoms with Gasteiger partial charge in [0.1, 0.15) is 18.0 Å². The van der Waals surface area contributed by atoms with Gasteiger partial charge in [-0.2, -0.15) is 0 Å². The second-order valence-corrected chi connectivity index (χ2v) is 7.33. The molecule has 148 valence electrons. The number of guanidine groups is 1. The quantitative estimate of drug-likeness (QED) is 0.533. The Morgan fingerprint density at radius 1 is 1.30 bits per heavy atom. The maximum atomic E-state index is 13.3. The van der Waals surface area contributed by atoms with Gasteiger partial charge in [0.25, 0.3) is 0 Å². The predicted molar refractivity (Wildman–Crippen MR) is 108 cm³/mol. The van der Waals surface area contributed by atoms with Crippen molar-refractivity contribution in [3.63, 3.8) is 0 Å². The lowest BCUT2D eigenvalue weighted by Crippen LogP contribution is -2.40. The molecule has 1 heterocycles. The maximum absolute atomic E-state index is 13.3. The number of benzene rings is 1. The summed E-state index contributed by atoms with van der Waals surface area (Å²) in [5, 5.41) is 15.0. The van der Waals surface area contributed by atoms with Crippen molar-refractivity contribution in [1.82, 2.24) is 25.4 Å². The number of halogens is 2. The van der Waals surface area contributed by atoms with Crippen LogP contribution in [-0.4, -0.2) is 40.4 Å². The van der Waals surface area contributed by atoms with Crippen molar-refractivity contribution in [2.45, 2.75) is 46.1 Å². The highest BCUT2D eigenvalue weighted by Crippen LogP contribution is 2.30. The van der Waals surface area contributed by atoms with Gasteiger partial charge in [0.05, 0.1) is 6.54 Å². The number of nitrogens with one attached hydrogen (secondary N) is 2. The van der Waals surface area contributed by atoms with Gasteiger partial charge < -0.3 is 15.2 Å². The zero-order chi connectivity index (χ0) is 19.9. The second kappa shape index (κ2) is 9.69. The number of hydrogen-bond donors (Lipinski definition) is 2. The van der Waals surface area contributed by atoms with Crippen molar-refractivity contribution in [3.05, 3.63) is 46.8 Å². The highest BCUT2D eigenvalue weighted by Gasteiger charge is 2.23. The fourth-order valence-corrected chi connectivity index (χ4v) is 3.20. The van der Waals surface area contributed by atoms with Gasteiger partial charge in [0, 0.05) is 36.5 Å². The van der Waals surface area contributed by atoms with E-state index in [1.54, 1.807) is 12.4 Å². The Kier molecular flexibility index (Phi) is 7.59. The Bertz CT molecular complexity index is 771. The van der Waals surface area contributed by atoms with Crippen molar-refractivity contribution in [2.24, 2.45) is 4.99 Å². The molecule has 0 aliphatic rings. The first-order valence-electron chi connectivity index (χ1n) is 9.21. The highest BCUT2D eigenvalue weighted by molar-refractivity contribution is 6.31. The fraction of sp³-hybridized carbons (Fsp3) is 0.526. The Morgan fingerprint density at radius 3 is 2.74 bits per heavy atom. The molecule has 1 aromatic heterocycles. The minimum Gasteiger partial charge on any atom is -0.357 e. The zero-order valence-corrected chi connectivity index (χ0v) is 17.1. The molecule has 0 radical (unpaired) electrons. The topological polar surface area (TPSA) is 67.1 Å². The van der Waals surface area contributed by atoms with Crippen LogP contribution < -0.4 is 10.6 Å². The maximum Gasteiger partial charge on any atom is 0.191 e. The number of aliphatic imine (C=N–C) groups is 1. The van der Waals surface area contributed by atoms with Gasteiger partial charge in [-0.05, 0) is 24.6 Å². The summed E-state index contributed by atoms with van der Waals surface area (Å²) in [4.78, 5) is 4.69. The number of rotatable bonds is 8. The van der Waals surface area contributed by atoms with E-state index in [0.717, 1.165) is 36.9 Å². The van der Waals surface area contributed by atoms with Crippen LogP contribution in [0.5, 0.6) is 0 Å². The molecule has 0 unspecified atom stereocenters. The van der Waals surface area contributed by atoms with E-state index in [1.807, 2.05) is 25.3 Å². The van der Waals surface area contributed by atoms with Crippen LogP contribution in [-0.2, 0) is 18.4 Å². The highest BCUT2D eigenvalue weighted by atomic mass is 35.5. The summed E-state index contributed by atoms with van der Waals surface area (Å²) in [5.41, 5.74) is 0.554. The summed E-state index contributed by atoms with van der Waals surface area (Å²) < 4.78 is 15.3. The van der Waals surface area contributed by atoms with E-state index in [9.17, 15) is 4.39 Å². The molecule has 0 bridgehead atoms. The van der Waals surface area contributed by atoms with Crippen LogP contribution >= 0.6 is 11.6 Å². The molecule has 0 fully saturated rings. The molecule has 2 rings (SSSR count). The lowest BCUT2D eigenvalue weighted by Gasteiger charge is -2.25. The van der Waals surface area contributed by atoms with Gasteiger partial charge in [-0.15, -0.1) is 10.2 Å². The fourth-order valence-electron chi connectivity index (χ4n) is 2.78. The largest absolute Gasteiger partial charge is 0.357 e. The summed E-state index contributed by atoms with van der Waals surface area (Å²) in [7, 11) is 0. The van der Waals surface area contributed by atoms with E-state index in [-0.39, 0.29) is 11.2 Å². The van der Waals surface area contributed by atoms with Crippen LogP contribution in [0.1, 0.15) is 39.1 Å². The van der Waals surface area contributed by atoms with Gasteiger partial charge >= 0.3 is 0 Å². The van der Waals surface area contributed by atoms with Gasteiger partial charge in [0.15, 0.2) is 5.96 Å². The van der Waals surface area contributed by atoms with Crippen molar-refractivity contribution in [1.29, 1.82) is 0 Å². The molecular formula is C19H28ClFN6. The molecule has 0 spiro atoms. The number of aromatic nitrogens is 3. The Hall–Kier alpha value is -2.15. The average molecular weight is 395 g/mol. The Labute approximate surface area is 165 Å². The van der Waals surface area contributed by atoms with Crippen LogP contribution in [0.4, 0.5) is 4.39 Å². The van der Waals surface area contributed by atoms with Crippen molar-refractivity contribution >= 4 is 17.6 Å². The minimum absolute atomic E-state index is 0.323. The van der Waals surface area contributed by atoms with Crippen LogP contribution in [0.2, 0.25) is 5.02 Å². The molecule has 6 nitrogen and oxygen atoms in total. The van der Waals surface area contributed by atoms with Crippen LogP contribution in [0.3, 0.4) is 0 Å². The summed E-state index contributed by atoms with van der Waals surface area (Å²) in [6.45, 7) is 10.9. The van der Waals surface area contributed by atoms with Gasteiger partial charge in [0.2, 0.25) is 0 Å². The Morgan fingerprint density at radius 2 is 2.07 bits per heavy atom. The van der Waals surface area contributed by atoms with E-state index in [1.165, 1.54) is 12.1 Å². The lowest BCUT2D eigenvalue weighted by atomic mass is 9.84. The smallest absolute Gasteiger partial charge is 0.191 e. The molecule has 27 heavy (non-hydrogen) atoms. The first kappa shape index (κ1) is 21.2. The Balaban J connectivity index is 2.01. The minimum atomic E-state index is -0.335. The third-order valence-electron chi connectivity index (χ3n) is 4.29. The summed E-state index contributed by atoms with van der Waals surface area (Å²) in [6, 6.07) is 4.50. The monoisotopic (exact) mass is 394 g/mol.